The second kappa shape index (κ2) is 6.80. The van der Waals surface area contributed by atoms with E-state index in [0.29, 0.717) is 5.41 Å². The van der Waals surface area contributed by atoms with Crippen molar-refractivity contribution in [3.8, 4) is 0 Å². The number of rotatable bonds is 3. The highest BCUT2D eigenvalue weighted by Gasteiger charge is 2.32. The Morgan fingerprint density at radius 1 is 0.952 bits per heavy atom. The van der Waals surface area contributed by atoms with E-state index in [4.69, 9.17) is 12.6 Å². The van der Waals surface area contributed by atoms with Gasteiger partial charge in [0.05, 0.1) is 4.87 Å². The molecule has 0 unspecified atom stereocenters. The Hall–Kier alpha value is 0.270. The highest BCUT2D eigenvalue weighted by molar-refractivity contribution is 7.81. The SMILES string of the molecule is CC(C)(C)C1CCN(C[C@@H]2CCCN(C(C)(C)S)C2)CC1. The Balaban J connectivity index is 1.78. The predicted molar refractivity (Wildman–Crippen MR) is 96.0 cm³/mol. The average molecular weight is 313 g/mol. The van der Waals surface area contributed by atoms with Gasteiger partial charge in [-0.1, -0.05) is 20.8 Å². The first-order chi connectivity index (χ1) is 9.66. The number of hydrogen-bond donors (Lipinski definition) is 1. The molecular weight excluding hydrogens is 276 g/mol. The minimum absolute atomic E-state index is 0.0396. The lowest BCUT2D eigenvalue weighted by Gasteiger charge is -2.44. The lowest BCUT2D eigenvalue weighted by Crippen LogP contribution is -2.49. The molecule has 0 aromatic rings. The fourth-order valence-electron chi connectivity index (χ4n) is 4.06. The van der Waals surface area contributed by atoms with Crippen molar-refractivity contribution in [1.82, 2.24) is 9.80 Å². The van der Waals surface area contributed by atoms with E-state index in [9.17, 15) is 0 Å². The number of nitrogens with zero attached hydrogens (tertiary/aromatic N) is 2. The highest BCUT2D eigenvalue weighted by Crippen LogP contribution is 2.35. The lowest BCUT2D eigenvalue weighted by atomic mass is 9.75. The van der Waals surface area contributed by atoms with Crippen molar-refractivity contribution < 1.29 is 0 Å². The van der Waals surface area contributed by atoms with Crippen LogP contribution in [0.3, 0.4) is 0 Å². The van der Waals surface area contributed by atoms with Gasteiger partial charge in [0.25, 0.3) is 0 Å². The molecule has 2 aliphatic rings. The van der Waals surface area contributed by atoms with Gasteiger partial charge in [0.2, 0.25) is 0 Å². The van der Waals surface area contributed by atoms with Crippen LogP contribution in [0.25, 0.3) is 0 Å². The van der Waals surface area contributed by atoms with Crippen LogP contribution in [0, 0.1) is 17.3 Å². The van der Waals surface area contributed by atoms with E-state index in [1.165, 1.54) is 58.4 Å². The van der Waals surface area contributed by atoms with Crippen molar-refractivity contribution in [2.75, 3.05) is 32.7 Å². The molecule has 3 heteroatoms. The van der Waals surface area contributed by atoms with Gasteiger partial charge in [-0.25, -0.2) is 0 Å². The second-order valence-electron chi connectivity index (χ2n) is 8.89. The summed E-state index contributed by atoms with van der Waals surface area (Å²) >= 11 is 4.76. The van der Waals surface area contributed by atoms with E-state index in [2.05, 4.69) is 44.4 Å². The largest absolute Gasteiger partial charge is 0.303 e. The highest BCUT2D eigenvalue weighted by atomic mass is 32.1. The van der Waals surface area contributed by atoms with Crippen LogP contribution in [-0.4, -0.2) is 47.4 Å². The summed E-state index contributed by atoms with van der Waals surface area (Å²) in [5.41, 5.74) is 0.490. The summed E-state index contributed by atoms with van der Waals surface area (Å²) in [4.78, 5) is 5.33. The van der Waals surface area contributed by atoms with Gasteiger partial charge in [-0.15, -0.1) is 0 Å². The number of piperidine rings is 2. The zero-order valence-corrected chi connectivity index (χ0v) is 15.8. The third kappa shape index (κ3) is 5.14. The smallest absolute Gasteiger partial charge is 0.0583 e. The molecule has 0 aromatic heterocycles. The molecular formula is C18H36N2S. The molecule has 0 N–H and O–H groups in total. The first-order valence-electron chi connectivity index (χ1n) is 8.86. The van der Waals surface area contributed by atoms with Gasteiger partial charge in [-0.05, 0) is 76.4 Å². The van der Waals surface area contributed by atoms with Crippen molar-refractivity contribution in [2.45, 2.75) is 65.2 Å². The number of likely N-dealkylation sites (tertiary alicyclic amines) is 2. The van der Waals surface area contributed by atoms with E-state index in [1.54, 1.807) is 0 Å². The number of hydrogen-bond acceptors (Lipinski definition) is 3. The van der Waals surface area contributed by atoms with Crippen LogP contribution >= 0.6 is 12.6 Å². The van der Waals surface area contributed by atoms with Crippen molar-refractivity contribution in [3.05, 3.63) is 0 Å². The molecule has 0 radical (unpaired) electrons. The van der Waals surface area contributed by atoms with Gasteiger partial charge in [-0.2, -0.15) is 12.6 Å². The molecule has 0 aliphatic carbocycles. The second-order valence-corrected chi connectivity index (χ2v) is 9.98. The zero-order valence-electron chi connectivity index (χ0n) is 14.9. The molecule has 1 atom stereocenters. The Morgan fingerprint density at radius 3 is 2.10 bits per heavy atom. The standard InChI is InChI=1S/C18H36N2S/c1-17(2,3)16-8-11-19(12-9-16)13-15-7-6-10-20(14-15)18(4,5)21/h15-16,21H,6-14H2,1-5H3/t15-/m0/s1. The maximum Gasteiger partial charge on any atom is 0.0583 e. The van der Waals surface area contributed by atoms with Crippen molar-refractivity contribution in [1.29, 1.82) is 0 Å². The van der Waals surface area contributed by atoms with Gasteiger partial charge in [0.1, 0.15) is 0 Å². The van der Waals surface area contributed by atoms with Crippen LogP contribution < -0.4 is 0 Å². The van der Waals surface area contributed by atoms with Gasteiger partial charge < -0.3 is 4.90 Å². The van der Waals surface area contributed by atoms with Crippen LogP contribution in [0.1, 0.15) is 60.3 Å². The van der Waals surface area contributed by atoms with Crippen LogP contribution in [-0.2, 0) is 0 Å². The van der Waals surface area contributed by atoms with E-state index in [0.717, 1.165) is 11.8 Å². The van der Waals surface area contributed by atoms with Crippen molar-refractivity contribution >= 4 is 12.6 Å². The predicted octanol–water partition coefficient (Wildman–Crippen LogP) is 4.12. The molecule has 0 amide bonds. The first kappa shape index (κ1) is 17.6. The molecule has 2 rings (SSSR count). The normalized spacial score (nSPS) is 28.0. The van der Waals surface area contributed by atoms with E-state index in [1.807, 2.05) is 0 Å². The minimum atomic E-state index is 0.0396. The quantitative estimate of drug-likeness (QED) is 0.783. The summed E-state index contributed by atoms with van der Waals surface area (Å²) in [7, 11) is 0. The number of thiol groups is 1. The molecule has 0 spiro atoms. The van der Waals surface area contributed by atoms with Crippen LogP contribution in [0.4, 0.5) is 0 Å². The van der Waals surface area contributed by atoms with Gasteiger partial charge in [0, 0.05) is 13.1 Å². The fourth-order valence-corrected chi connectivity index (χ4v) is 4.24. The summed E-state index contributed by atoms with van der Waals surface area (Å²) in [6.07, 6.45) is 5.52. The molecule has 124 valence electrons. The Bertz CT molecular complexity index is 321. The van der Waals surface area contributed by atoms with E-state index >= 15 is 0 Å². The molecule has 2 saturated heterocycles. The molecule has 0 aromatic carbocycles. The first-order valence-corrected chi connectivity index (χ1v) is 9.31. The van der Waals surface area contributed by atoms with E-state index < -0.39 is 0 Å². The summed E-state index contributed by atoms with van der Waals surface area (Å²) in [5.74, 6) is 1.75. The molecule has 2 aliphatic heterocycles. The zero-order chi connectivity index (χ0) is 15.7. The molecule has 2 heterocycles. The van der Waals surface area contributed by atoms with Gasteiger partial charge in [-0.3, -0.25) is 4.90 Å². The van der Waals surface area contributed by atoms with Crippen LogP contribution in [0.2, 0.25) is 0 Å². The lowest BCUT2D eigenvalue weighted by molar-refractivity contribution is 0.0675. The minimum Gasteiger partial charge on any atom is -0.303 e. The van der Waals surface area contributed by atoms with Crippen LogP contribution in [0.5, 0.6) is 0 Å². The van der Waals surface area contributed by atoms with Crippen molar-refractivity contribution in [3.63, 3.8) is 0 Å². The molecule has 21 heavy (non-hydrogen) atoms. The summed E-state index contributed by atoms with van der Waals surface area (Å²) in [6, 6.07) is 0. The van der Waals surface area contributed by atoms with Gasteiger partial charge in [0.15, 0.2) is 0 Å². The molecule has 2 fully saturated rings. The maximum absolute atomic E-state index is 4.76. The molecule has 0 saturated carbocycles. The Morgan fingerprint density at radius 2 is 1.57 bits per heavy atom. The average Bonchev–Trinajstić information content (AvgIpc) is 2.37. The molecule has 0 bridgehead atoms. The van der Waals surface area contributed by atoms with Crippen molar-refractivity contribution in [2.24, 2.45) is 17.3 Å². The van der Waals surface area contributed by atoms with Gasteiger partial charge >= 0.3 is 0 Å². The fraction of sp³-hybridized carbons (Fsp3) is 1.00. The summed E-state index contributed by atoms with van der Waals surface area (Å²) in [6.45, 7) is 18.0. The summed E-state index contributed by atoms with van der Waals surface area (Å²) < 4.78 is 0. The topological polar surface area (TPSA) is 6.48 Å². The third-order valence-electron chi connectivity index (χ3n) is 5.62. The Labute approximate surface area is 138 Å². The molecule has 2 nitrogen and oxygen atoms in total. The van der Waals surface area contributed by atoms with Crippen LogP contribution in [0.15, 0.2) is 0 Å². The Kier molecular flexibility index (Phi) is 5.71. The maximum atomic E-state index is 4.76. The summed E-state index contributed by atoms with van der Waals surface area (Å²) in [5, 5.41) is 0. The monoisotopic (exact) mass is 312 g/mol. The van der Waals surface area contributed by atoms with E-state index in [-0.39, 0.29) is 4.87 Å². The third-order valence-corrected chi connectivity index (χ3v) is 5.90.